The summed E-state index contributed by atoms with van der Waals surface area (Å²) in [6.45, 7) is 5.45. The summed E-state index contributed by atoms with van der Waals surface area (Å²) >= 11 is 4.97. The van der Waals surface area contributed by atoms with Gasteiger partial charge in [-0.3, -0.25) is 0 Å². The maximum absolute atomic E-state index is 12.4. The van der Waals surface area contributed by atoms with Crippen LogP contribution in [0.4, 0.5) is 0 Å². The van der Waals surface area contributed by atoms with Crippen LogP contribution in [0.15, 0.2) is 45.9 Å². The number of carbonyl (C=O) groups excluding carboxylic acids is 1. The Kier molecular flexibility index (Phi) is 5.70. The fourth-order valence-corrected chi connectivity index (χ4v) is 2.48. The molecule has 23 heavy (non-hydrogen) atoms. The lowest BCUT2D eigenvalue weighted by molar-refractivity contribution is 0.00664. The van der Waals surface area contributed by atoms with Crippen LogP contribution in [0.5, 0.6) is 11.6 Å². The molecule has 6 heteroatoms. The molecule has 0 saturated heterocycles. The molecule has 1 heterocycles. The van der Waals surface area contributed by atoms with Crippen molar-refractivity contribution in [2.45, 2.75) is 31.3 Å². The molecule has 122 valence electrons. The van der Waals surface area contributed by atoms with Crippen LogP contribution in [0.25, 0.3) is 0 Å². The van der Waals surface area contributed by atoms with Crippen molar-refractivity contribution in [1.82, 2.24) is 4.98 Å². The van der Waals surface area contributed by atoms with Gasteiger partial charge in [-0.05, 0) is 73.3 Å². The molecule has 0 saturated carbocycles. The number of carbonyl (C=O) groups is 1. The van der Waals surface area contributed by atoms with E-state index in [1.54, 1.807) is 24.0 Å². The van der Waals surface area contributed by atoms with Crippen LogP contribution in [0, 0.1) is 0 Å². The number of thioether (sulfide) groups is 1. The highest BCUT2D eigenvalue weighted by Crippen LogP contribution is 2.28. The number of hydrogen-bond donors (Lipinski definition) is 0. The standard InChI is InChI=1S/C17H18BrNO3S/c1-17(2,3)22-16(20)14-9-11(18)10-19-15(14)21-12-5-7-13(23-4)8-6-12/h5-10H,1-4H3. The van der Waals surface area contributed by atoms with E-state index in [1.807, 2.05) is 51.3 Å². The maximum Gasteiger partial charge on any atom is 0.344 e. The number of benzene rings is 1. The Morgan fingerprint density at radius 1 is 1.22 bits per heavy atom. The Labute approximate surface area is 148 Å². The average molecular weight is 396 g/mol. The fourth-order valence-electron chi connectivity index (χ4n) is 1.74. The van der Waals surface area contributed by atoms with Gasteiger partial charge in [0.1, 0.15) is 16.9 Å². The topological polar surface area (TPSA) is 48.4 Å². The lowest BCUT2D eigenvalue weighted by atomic mass is 10.2. The van der Waals surface area contributed by atoms with Crippen molar-refractivity contribution in [3.8, 4) is 11.6 Å². The molecule has 0 N–H and O–H groups in total. The van der Waals surface area contributed by atoms with Gasteiger partial charge in [0.2, 0.25) is 5.88 Å². The van der Waals surface area contributed by atoms with Gasteiger partial charge in [0.25, 0.3) is 0 Å². The van der Waals surface area contributed by atoms with Gasteiger partial charge in [-0.2, -0.15) is 0 Å². The van der Waals surface area contributed by atoms with E-state index in [0.717, 1.165) is 4.90 Å². The van der Waals surface area contributed by atoms with E-state index < -0.39 is 11.6 Å². The highest BCUT2D eigenvalue weighted by Gasteiger charge is 2.22. The number of rotatable bonds is 4. The molecular formula is C17H18BrNO3S. The van der Waals surface area contributed by atoms with Crippen LogP contribution in [-0.2, 0) is 4.74 Å². The second-order valence-electron chi connectivity index (χ2n) is 5.79. The Balaban J connectivity index is 2.29. The minimum atomic E-state index is -0.587. The molecule has 0 aliphatic heterocycles. The lowest BCUT2D eigenvalue weighted by Crippen LogP contribution is -2.24. The summed E-state index contributed by atoms with van der Waals surface area (Å²) in [5, 5.41) is 0. The van der Waals surface area contributed by atoms with Crippen LogP contribution in [-0.4, -0.2) is 22.8 Å². The minimum absolute atomic E-state index is 0.222. The Hall–Kier alpha value is -1.53. The van der Waals surface area contributed by atoms with E-state index in [1.165, 1.54) is 0 Å². The van der Waals surface area contributed by atoms with Crippen LogP contribution < -0.4 is 4.74 Å². The SMILES string of the molecule is CSc1ccc(Oc2ncc(Br)cc2C(=O)OC(C)(C)C)cc1. The molecule has 0 aliphatic rings. The average Bonchev–Trinajstić information content (AvgIpc) is 2.48. The number of hydrogen-bond acceptors (Lipinski definition) is 5. The molecule has 2 aromatic rings. The monoisotopic (exact) mass is 395 g/mol. The lowest BCUT2D eigenvalue weighted by Gasteiger charge is -2.20. The number of aromatic nitrogens is 1. The van der Waals surface area contributed by atoms with Crippen molar-refractivity contribution >= 4 is 33.7 Å². The van der Waals surface area contributed by atoms with Crippen LogP contribution in [0.1, 0.15) is 31.1 Å². The number of ether oxygens (including phenoxy) is 2. The van der Waals surface area contributed by atoms with E-state index >= 15 is 0 Å². The second kappa shape index (κ2) is 7.36. The van der Waals surface area contributed by atoms with Crippen molar-refractivity contribution in [3.63, 3.8) is 0 Å². The van der Waals surface area contributed by atoms with Crippen molar-refractivity contribution in [2.75, 3.05) is 6.26 Å². The largest absolute Gasteiger partial charge is 0.456 e. The van der Waals surface area contributed by atoms with E-state index in [-0.39, 0.29) is 11.4 Å². The highest BCUT2D eigenvalue weighted by molar-refractivity contribution is 9.10. The van der Waals surface area contributed by atoms with Crippen molar-refractivity contribution in [3.05, 3.63) is 46.6 Å². The Morgan fingerprint density at radius 3 is 2.43 bits per heavy atom. The van der Waals surface area contributed by atoms with Gasteiger partial charge in [0, 0.05) is 15.6 Å². The van der Waals surface area contributed by atoms with Crippen molar-refractivity contribution in [2.24, 2.45) is 0 Å². The van der Waals surface area contributed by atoms with Gasteiger partial charge >= 0.3 is 5.97 Å². The molecule has 1 aromatic carbocycles. The van der Waals surface area contributed by atoms with Gasteiger partial charge in [0.05, 0.1) is 0 Å². The Bertz CT molecular complexity index is 696. The molecule has 0 amide bonds. The third-order valence-corrected chi connectivity index (χ3v) is 3.89. The van der Waals surface area contributed by atoms with E-state index in [9.17, 15) is 4.79 Å². The van der Waals surface area contributed by atoms with Gasteiger partial charge < -0.3 is 9.47 Å². The summed E-state index contributed by atoms with van der Waals surface area (Å²) in [5.74, 6) is 0.365. The second-order valence-corrected chi connectivity index (χ2v) is 7.58. The zero-order chi connectivity index (χ0) is 17.0. The van der Waals surface area contributed by atoms with Gasteiger partial charge in [0.15, 0.2) is 0 Å². The van der Waals surface area contributed by atoms with E-state index in [0.29, 0.717) is 10.2 Å². The molecule has 0 radical (unpaired) electrons. The predicted octanol–water partition coefficient (Wildman–Crippen LogP) is 5.31. The van der Waals surface area contributed by atoms with Crippen molar-refractivity contribution < 1.29 is 14.3 Å². The first-order chi connectivity index (χ1) is 10.8. The predicted molar refractivity (Wildman–Crippen MR) is 95.4 cm³/mol. The molecule has 4 nitrogen and oxygen atoms in total. The molecular weight excluding hydrogens is 378 g/mol. The first-order valence-electron chi connectivity index (χ1n) is 6.99. The Morgan fingerprint density at radius 2 is 1.87 bits per heavy atom. The molecule has 0 aliphatic carbocycles. The molecule has 0 atom stereocenters. The van der Waals surface area contributed by atoms with Gasteiger partial charge in [-0.15, -0.1) is 11.8 Å². The van der Waals surface area contributed by atoms with Gasteiger partial charge in [-0.25, -0.2) is 9.78 Å². The maximum atomic E-state index is 12.4. The first kappa shape index (κ1) is 17.8. The number of esters is 1. The summed E-state index contributed by atoms with van der Waals surface area (Å²) in [6.07, 6.45) is 3.59. The molecule has 0 unspecified atom stereocenters. The summed E-state index contributed by atoms with van der Waals surface area (Å²) in [7, 11) is 0. The summed E-state index contributed by atoms with van der Waals surface area (Å²) in [6, 6.07) is 9.23. The molecule has 0 fully saturated rings. The molecule has 2 rings (SSSR count). The first-order valence-corrected chi connectivity index (χ1v) is 9.01. The van der Waals surface area contributed by atoms with E-state index in [4.69, 9.17) is 9.47 Å². The number of nitrogens with zero attached hydrogens (tertiary/aromatic N) is 1. The molecule has 0 spiro atoms. The number of pyridine rings is 1. The van der Waals surface area contributed by atoms with E-state index in [2.05, 4.69) is 20.9 Å². The summed E-state index contributed by atoms with van der Waals surface area (Å²) in [5.41, 5.74) is -0.306. The smallest absolute Gasteiger partial charge is 0.344 e. The minimum Gasteiger partial charge on any atom is -0.456 e. The van der Waals surface area contributed by atoms with Crippen LogP contribution >= 0.6 is 27.7 Å². The third kappa shape index (κ3) is 5.25. The van der Waals surface area contributed by atoms with Crippen molar-refractivity contribution in [1.29, 1.82) is 0 Å². The normalized spacial score (nSPS) is 11.2. The van der Waals surface area contributed by atoms with Crippen LogP contribution in [0.2, 0.25) is 0 Å². The quantitative estimate of drug-likeness (QED) is 0.518. The summed E-state index contributed by atoms with van der Waals surface area (Å²) in [4.78, 5) is 17.7. The van der Waals surface area contributed by atoms with Gasteiger partial charge in [-0.1, -0.05) is 0 Å². The zero-order valence-corrected chi connectivity index (χ0v) is 15.8. The third-order valence-electron chi connectivity index (χ3n) is 2.71. The fraction of sp³-hybridized carbons (Fsp3) is 0.294. The summed E-state index contributed by atoms with van der Waals surface area (Å²) < 4.78 is 11.9. The molecule has 1 aromatic heterocycles. The van der Waals surface area contributed by atoms with Crippen LogP contribution in [0.3, 0.4) is 0 Å². The zero-order valence-electron chi connectivity index (χ0n) is 13.4. The highest BCUT2D eigenvalue weighted by atomic mass is 79.9. The number of halogens is 1. The molecule has 0 bridgehead atoms.